The molecular weight excluding hydrogens is 251 g/mol. The van der Waals surface area contributed by atoms with Crippen LogP contribution in [0.25, 0.3) is 10.1 Å². The molecule has 17 heavy (non-hydrogen) atoms. The third-order valence-corrected chi connectivity index (χ3v) is 3.44. The summed E-state index contributed by atoms with van der Waals surface area (Å²) < 4.78 is 38.2. The molecule has 0 unspecified atom stereocenters. The van der Waals surface area contributed by atoms with E-state index in [0.717, 1.165) is 16.9 Å². The number of alkyl halides is 3. The molecule has 0 saturated heterocycles. The third-order valence-electron chi connectivity index (χ3n) is 2.28. The third kappa shape index (κ3) is 2.77. The van der Waals surface area contributed by atoms with E-state index in [1.54, 1.807) is 18.2 Å². The first-order chi connectivity index (χ1) is 8.00. The Morgan fingerprint density at radius 3 is 2.71 bits per heavy atom. The highest BCUT2D eigenvalue weighted by atomic mass is 32.1. The van der Waals surface area contributed by atoms with Crippen molar-refractivity contribution in [2.75, 3.05) is 7.11 Å². The largest absolute Gasteiger partial charge is 0.425 e. The number of benzene rings is 1. The van der Waals surface area contributed by atoms with Crippen molar-refractivity contribution < 1.29 is 18.0 Å². The van der Waals surface area contributed by atoms with Crippen LogP contribution in [0, 0.1) is 0 Å². The van der Waals surface area contributed by atoms with E-state index in [0.29, 0.717) is 16.6 Å². The summed E-state index contributed by atoms with van der Waals surface area (Å²) >= 11 is 0.760. The van der Waals surface area contributed by atoms with Crippen LogP contribution in [0.4, 0.5) is 13.2 Å². The molecule has 0 amide bonds. The highest BCUT2D eigenvalue weighted by Gasteiger charge is 2.32. The first-order valence-corrected chi connectivity index (χ1v) is 5.68. The predicted octanol–water partition coefficient (Wildman–Crippen LogP) is 3.57. The van der Waals surface area contributed by atoms with Gasteiger partial charge in [0.15, 0.2) is 0 Å². The molecule has 0 aliphatic heterocycles. The molecular formula is C11H10F3NOS. The average molecular weight is 261 g/mol. The van der Waals surface area contributed by atoms with Crippen LogP contribution >= 0.6 is 11.3 Å². The standard InChI is InChI=1S/C11H10F3NOS/c1-16-15-6-7-2-3-9-8(4-7)5-10(17-9)11(12,13)14/h2-5,15H,6H2,1H3. The first-order valence-electron chi connectivity index (χ1n) is 4.86. The lowest BCUT2D eigenvalue weighted by Crippen LogP contribution is -2.10. The molecule has 6 heteroatoms. The van der Waals surface area contributed by atoms with Gasteiger partial charge in [0, 0.05) is 11.2 Å². The number of hydrogen-bond donors (Lipinski definition) is 1. The van der Waals surface area contributed by atoms with Crippen molar-refractivity contribution in [3.63, 3.8) is 0 Å². The molecule has 2 rings (SSSR count). The quantitative estimate of drug-likeness (QED) is 0.853. The van der Waals surface area contributed by atoms with Gasteiger partial charge in [-0.2, -0.15) is 18.7 Å². The van der Waals surface area contributed by atoms with E-state index in [1.807, 2.05) is 0 Å². The minimum atomic E-state index is -4.27. The summed E-state index contributed by atoms with van der Waals surface area (Å²) in [6, 6.07) is 6.39. The maximum Gasteiger partial charge on any atom is 0.425 e. The predicted molar refractivity (Wildman–Crippen MR) is 60.7 cm³/mol. The molecule has 0 radical (unpaired) electrons. The molecule has 0 spiro atoms. The lowest BCUT2D eigenvalue weighted by molar-refractivity contribution is -0.134. The van der Waals surface area contributed by atoms with E-state index < -0.39 is 11.1 Å². The number of nitrogens with one attached hydrogen (secondary N) is 1. The topological polar surface area (TPSA) is 21.3 Å². The maximum absolute atomic E-state index is 12.5. The summed E-state index contributed by atoms with van der Waals surface area (Å²) in [6.45, 7) is 0.462. The van der Waals surface area contributed by atoms with Gasteiger partial charge < -0.3 is 4.84 Å². The maximum atomic E-state index is 12.5. The highest BCUT2D eigenvalue weighted by molar-refractivity contribution is 7.19. The summed E-state index contributed by atoms with van der Waals surface area (Å²) in [5.41, 5.74) is 3.53. The van der Waals surface area contributed by atoms with Crippen molar-refractivity contribution in [3.8, 4) is 0 Å². The van der Waals surface area contributed by atoms with Gasteiger partial charge in [0.05, 0.1) is 7.11 Å². The van der Waals surface area contributed by atoms with Crippen LogP contribution in [0.15, 0.2) is 24.3 Å². The fourth-order valence-electron chi connectivity index (χ4n) is 1.50. The Morgan fingerprint density at radius 1 is 1.29 bits per heavy atom. The van der Waals surface area contributed by atoms with Gasteiger partial charge >= 0.3 is 6.18 Å². The first kappa shape index (κ1) is 12.3. The second kappa shape index (κ2) is 4.64. The van der Waals surface area contributed by atoms with Gasteiger partial charge in [0.2, 0.25) is 0 Å². The fourth-order valence-corrected chi connectivity index (χ4v) is 2.41. The summed E-state index contributed by atoms with van der Waals surface area (Å²) in [7, 11) is 1.49. The zero-order valence-electron chi connectivity index (χ0n) is 8.97. The van der Waals surface area contributed by atoms with E-state index in [4.69, 9.17) is 0 Å². The van der Waals surface area contributed by atoms with Gasteiger partial charge in [-0.25, -0.2) is 0 Å². The van der Waals surface area contributed by atoms with E-state index >= 15 is 0 Å². The van der Waals surface area contributed by atoms with Gasteiger partial charge in [-0.3, -0.25) is 0 Å². The Hall–Kier alpha value is -1.11. The number of fused-ring (bicyclic) bond motifs is 1. The van der Waals surface area contributed by atoms with E-state index in [9.17, 15) is 13.2 Å². The van der Waals surface area contributed by atoms with Gasteiger partial charge in [-0.1, -0.05) is 6.07 Å². The highest BCUT2D eigenvalue weighted by Crippen LogP contribution is 2.38. The molecule has 0 bridgehead atoms. The van der Waals surface area contributed by atoms with Crippen molar-refractivity contribution in [2.24, 2.45) is 0 Å². The molecule has 0 atom stereocenters. The van der Waals surface area contributed by atoms with E-state index in [2.05, 4.69) is 10.3 Å². The second-order valence-corrected chi connectivity index (χ2v) is 4.59. The Balaban J connectivity index is 2.34. The zero-order valence-corrected chi connectivity index (χ0v) is 9.78. The molecule has 0 aliphatic carbocycles. The summed E-state index contributed by atoms with van der Waals surface area (Å²) in [5, 5.41) is 0.609. The number of hydrogen-bond acceptors (Lipinski definition) is 3. The Labute approximate surface area is 100.0 Å². The number of hydroxylamine groups is 1. The van der Waals surface area contributed by atoms with Crippen LogP contribution in [0.3, 0.4) is 0 Å². The summed E-state index contributed by atoms with van der Waals surface area (Å²) in [6.07, 6.45) is -4.27. The summed E-state index contributed by atoms with van der Waals surface area (Å²) in [4.78, 5) is 4.12. The smallest absolute Gasteiger partial charge is 0.305 e. The van der Waals surface area contributed by atoms with Crippen molar-refractivity contribution in [1.82, 2.24) is 5.48 Å². The molecule has 2 aromatic rings. The van der Waals surface area contributed by atoms with Crippen molar-refractivity contribution in [2.45, 2.75) is 12.7 Å². The number of halogens is 3. The van der Waals surface area contributed by atoms with Crippen LogP contribution in [-0.4, -0.2) is 7.11 Å². The molecule has 92 valence electrons. The Morgan fingerprint density at radius 2 is 2.06 bits per heavy atom. The lowest BCUT2D eigenvalue weighted by Gasteiger charge is -2.01. The monoisotopic (exact) mass is 261 g/mol. The molecule has 1 heterocycles. The van der Waals surface area contributed by atoms with Crippen LogP contribution < -0.4 is 5.48 Å². The molecule has 0 fully saturated rings. The number of thiophene rings is 1. The van der Waals surface area contributed by atoms with Crippen LogP contribution in [0.5, 0.6) is 0 Å². The SMILES string of the molecule is CONCc1ccc2sc(C(F)(F)F)cc2c1. The zero-order chi connectivity index (χ0) is 12.5. The normalized spacial score (nSPS) is 12.2. The molecule has 2 nitrogen and oxygen atoms in total. The minimum absolute atomic E-state index is 0.462. The Kier molecular flexibility index (Phi) is 3.37. The second-order valence-electron chi connectivity index (χ2n) is 3.51. The van der Waals surface area contributed by atoms with Gasteiger partial charge in [0.1, 0.15) is 4.88 Å². The molecule has 0 aliphatic rings. The molecule has 0 saturated carbocycles. The molecule has 1 N–H and O–H groups in total. The van der Waals surface area contributed by atoms with Gasteiger partial charge in [0.25, 0.3) is 0 Å². The van der Waals surface area contributed by atoms with Crippen LogP contribution in [0.2, 0.25) is 0 Å². The van der Waals surface area contributed by atoms with Crippen molar-refractivity contribution >= 4 is 21.4 Å². The van der Waals surface area contributed by atoms with E-state index in [-0.39, 0.29) is 0 Å². The Bertz CT molecular complexity index is 521. The number of rotatable bonds is 3. The van der Waals surface area contributed by atoms with Crippen LogP contribution in [0.1, 0.15) is 10.4 Å². The average Bonchev–Trinajstić information content (AvgIpc) is 2.68. The lowest BCUT2D eigenvalue weighted by atomic mass is 10.1. The summed E-state index contributed by atoms with van der Waals surface area (Å²) in [5.74, 6) is 0. The minimum Gasteiger partial charge on any atom is -0.305 e. The molecule has 1 aromatic heterocycles. The fraction of sp³-hybridized carbons (Fsp3) is 0.273. The van der Waals surface area contributed by atoms with Crippen molar-refractivity contribution in [3.05, 3.63) is 34.7 Å². The van der Waals surface area contributed by atoms with Crippen molar-refractivity contribution in [1.29, 1.82) is 0 Å². The van der Waals surface area contributed by atoms with Gasteiger partial charge in [-0.05, 0) is 29.1 Å². The molecule has 1 aromatic carbocycles. The van der Waals surface area contributed by atoms with Crippen LogP contribution in [-0.2, 0) is 17.6 Å². The van der Waals surface area contributed by atoms with E-state index in [1.165, 1.54) is 13.2 Å². The van der Waals surface area contributed by atoms with Gasteiger partial charge in [-0.15, -0.1) is 11.3 Å².